The molecule has 98 valence electrons. The van der Waals surface area contributed by atoms with Gasteiger partial charge in [-0.05, 0) is 6.08 Å². The number of carbonyl (C=O) groups excluding carboxylic acids is 1. The maximum Gasteiger partial charge on any atom is 0.342 e. The lowest BCUT2D eigenvalue weighted by Crippen LogP contribution is -2.35. The Morgan fingerprint density at radius 1 is 1.65 bits per heavy atom. The van der Waals surface area contributed by atoms with E-state index in [1.807, 2.05) is 0 Å². The van der Waals surface area contributed by atoms with Crippen LogP contribution in [0.1, 0.15) is 0 Å². The molecular weight excluding hydrogens is 249 g/mol. The number of nitrogens with two attached hydrogens (primary N) is 1. The summed E-state index contributed by atoms with van der Waals surface area (Å²) in [6.45, 7) is 2.93. The number of hydrogen-bond donors (Lipinski definition) is 5. The van der Waals surface area contributed by atoms with Crippen molar-refractivity contribution in [2.24, 2.45) is 10.7 Å². The van der Waals surface area contributed by atoms with Crippen LogP contribution in [0.3, 0.4) is 0 Å². The van der Waals surface area contributed by atoms with Crippen molar-refractivity contribution < 1.29 is 24.4 Å². The van der Waals surface area contributed by atoms with E-state index in [0.717, 1.165) is 0 Å². The Kier molecular flexibility index (Phi) is 8.47. The van der Waals surface area contributed by atoms with Gasteiger partial charge in [-0.3, -0.25) is 0 Å². The number of urea groups is 1. The molecule has 0 aromatic carbocycles. The number of ether oxygens (including phenoxy) is 1. The lowest BCUT2D eigenvalue weighted by atomic mass is 10.4. The van der Waals surface area contributed by atoms with Crippen molar-refractivity contribution >= 4 is 20.2 Å². The minimum Gasteiger partial charge on any atom is -0.394 e. The Morgan fingerprint density at radius 3 is 2.76 bits per heavy atom. The van der Waals surface area contributed by atoms with Gasteiger partial charge in [0.15, 0.2) is 8.38 Å². The predicted octanol–water partition coefficient (Wildman–Crippen LogP) is -1.13. The third kappa shape index (κ3) is 8.73. The number of hydrogen-bond acceptors (Lipinski definition) is 5. The zero-order valence-corrected chi connectivity index (χ0v) is 10.0. The van der Waals surface area contributed by atoms with Crippen LogP contribution in [0.25, 0.3) is 0 Å². The van der Waals surface area contributed by atoms with Crippen molar-refractivity contribution in [3.63, 3.8) is 0 Å². The number of nitrogens with zero attached hydrogens (tertiary/aromatic N) is 1. The van der Waals surface area contributed by atoms with Crippen LogP contribution in [-0.2, 0) is 4.74 Å². The second-order valence-corrected chi connectivity index (χ2v) is 3.90. The summed E-state index contributed by atoms with van der Waals surface area (Å²) >= 11 is 0. The van der Waals surface area contributed by atoms with Crippen LogP contribution in [0.5, 0.6) is 0 Å². The highest BCUT2D eigenvalue weighted by atomic mass is 31.2. The predicted molar refractivity (Wildman–Crippen MR) is 63.4 cm³/mol. The van der Waals surface area contributed by atoms with E-state index in [1.165, 1.54) is 6.08 Å². The number of amides is 2. The molecule has 0 aromatic heterocycles. The van der Waals surface area contributed by atoms with E-state index in [2.05, 4.69) is 16.9 Å². The van der Waals surface area contributed by atoms with Gasteiger partial charge in [0.2, 0.25) is 0 Å². The van der Waals surface area contributed by atoms with Gasteiger partial charge in [0.25, 0.3) is 0 Å². The van der Waals surface area contributed by atoms with Crippen molar-refractivity contribution in [3.8, 4) is 0 Å². The molecule has 0 heterocycles. The minimum atomic E-state index is -2.19. The topological polar surface area (TPSA) is 137 Å². The van der Waals surface area contributed by atoms with Gasteiger partial charge in [-0.15, -0.1) is 0 Å². The first kappa shape index (κ1) is 16.0. The van der Waals surface area contributed by atoms with Crippen molar-refractivity contribution in [1.82, 2.24) is 5.32 Å². The van der Waals surface area contributed by atoms with Crippen molar-refractivity contribution in [1.29, 1.82) is 0 Å². The summed E-state index contributed by atoms with van der Waals surface area (Å²) in [7, 11) is -2.19. The molecule has 0 saturated heterocycles. The van der Waals surface area contributed by atoms with Crippen LogP contribution in [0, 0.1) is 0 Å². The molecule has 0 saturated carbocycles. The molecule has 6 N–H and O–H groups in total. The highest BCUT2D eigenvalue weighted by molar-refractivity contribution is 7.44. The molecule has 0 aliphatic carbocycles. The number of aliphatic hydroxyl groups excluding tert-OH is 1. The zero-order chi connectivity index (χ0) is 13.3. The average Bonchev–Trinajstić information content (AvgIpc) is 2.28. The van der Waals surface area contributed by atoms with Gasteiger partial charge >= 0.3 is 6.03 Å². The smallest absolute Gasteiger partial charge is 0.342 e. The fraction of sp³-hybridized carbons (Fsp3) is 0.500. The average molecular weight is 265 g/mol. The molecule has 8 nitrogen and oxygen atoms in total. The summed E-state index contributed by atoms with van der Waals surface area (Å²) < 4.78 is 4.90. The third-order valence-electron chi connectivity index (χ3n) is 1.55. The second kappa shape index (κ2) is 9.03. The van der Waals surface area contributed by atoms with Crippen LogP contribution in [0.4, 0.5) is 4.79 Å². The van der Waals surface area contributed by atoms with E-state index in [1.54, 1.807) is 0 Å². The van der Waals surface area contributed by atoms with Crippen molar-refractivity contribution in [3.05, 3.63) is 12.7 Å². The van der Waals surface area contributed by atoms with Gasteiger partial charge in [0, 0.05) is 6.54 Å². The van der Waals surface area contributed by atoms with E-state index in [-0.39, 0.29) is 25.3 Å². The summed E-state index contributed by atoms with van der Waals surface area (Å²) in [4.78, 5) is 31.7. The molecular formula is C8H16N3O5P. The van der Waals surface area contributed by atoms with Gasteiger partial charge in [0.05, 0.1) is 12.7 Å². The van der Waals surface area contributed by atoms with Gasteiger partial charge in [-0.25, -0.2) is 4.79 Å². The molecule has 0 fully saturated rings. The normalized spacial score (nSPS) is 13.5. The summed E-state index contributed by atoms with van der Waals surface area (Å²) in [5.74, 6) is -0.0294. The fourth-order valence-electron chi connectivity index (χ4n) is 0.752. The number of nitrogens with one attached hydrogen (secondary N) is 1. The number of carbonyl (C=O) groups is 1. The largest absolute Gasteiger partial charge is 0.394 e. The van der Waals surface area contributed by atoms with Gasteiger partial charge in [-0.1, -0.05) is 6.58 Å². The Hall–Kier alpha value is -1.05. The van der Waals surface area contributed by atoms with Gasteiger partial charge < -0.3 is 30.7 Å². The summed E-state index contributed by atoms with van der Waals surface area (Å²) in [6.07, 6.45) is 0.183. The lowest BCUT2D eigenvalue weighted by molar-refractivity contribution is 0.0361. The van der Waals surface area contributed by atoms with Crippen LogP contribution >= 0.6 is 8.38 Å². The highest BCUT2D eigenvalue weighted by Gasteiger charge is 2.11. The Bertz CT molecular complexity index is 284. The molecule has 2 amide bonds. The van der Waals surface area contributed by atoms with E-state index in [0.29, 0.717) is 0 Å². The molecule has 1 atom stereocenters. The molecule has 17 heavy (non-hydrogen) atoms. The van der Waals surface area contributed by atoms with Crippen molar-refractivity contribution in [2.75, 3.05) is 19.5 Å². The number of aliphatic imine (C=N–C) groups is 1. The highest BCUT2D eigenvalue weighted by Crippen LogP contribution is 2.22. The van der Waals surface area contributed by atoms with E-state index in [4.69, 9.17) is 25.4 Å². The van der Waals surface area contributed by atoms with Crippen molar-refractivity contribution in [2.45, 2.75) is 6.10 Å². The molecule has 0 aliphatic rings. The quantitative estimate of drug-likeness (QED) is 0.224. The molecule has 0 rings (SSSR count). The van der Waals surface area contributed by atoms with Gasteiger partial charge in [-0.2, -0.15) is 4.99 Å². The first-order chi connectivity index (χ1) is 7.99. The van der Waals surface area contributed by atoms with Gasteiger partial charge in [0.1, 0.15) is 12.2 Å². The van der Waals surface area contributed by atoms with E-state index >= 15 is 0 Å². The molecule has 0 bridgehead atoms. The molecule has 9 heteroatoms. The minimum absolute atomic E-state index is 0.0214. The van der Waals surface area contributed by atoms with Crippen LogP contribution in [-0.4, -0.2) is 52.4 Å². The first-order valence-electron chi connectivity index (χ1n) is 4.61. The maximum absolute atomic E-state index is 11.1. The van der Waals surface area contributed by atoms with E-state index in [9.17, 15) is 4.79 Å². The molecule has 0 spiro atoms. The van der Waals surface area contributed by atoms with Crippen LogP contribution in [0.15, 0.2) is 17.6 Å². The molecule has 0 aromatic rings. The monoisotopic (exact) mass is 265 g/mol. The summed E-state index contributed by atoms with van der Waals surface area (Å²) in [5.41, 5.74) is 5.24. The van der Waals surface area contributed by atoms with Crippen LogP contribution in [0.2, 0.25) is 0 Å². The lowest BCUT2D eigenvalue weighted by Gasteiger charge is -2.15. The third-order valence-corrected chi connectivity index (χ3v) is 1.93. The summed E-state index contributed by atoms with van der Waals surface area (Å²) in [6, 6.07) is -0.695. The number of rotatable bonds is 7. The van der Waals surface area contributed by atoms with E-state index < -0.39 is 20.5 Å². The molecule has 0 aliphatic heterocycles. The Labute approximate surface area is 99.7 Å². The number of aliphatic hydroxyl groups is 1. The standard InChI is InChI=1S/C8H16N3O5P/c1-2-7(9)11-8(13)10-3-6(4-12)16-5-17(14)15/h2,6,12,14-15H,1,3-5H2,(H3,9,10,11,13)/t6-/m0/s1. The SMILES string of the molecule is C=C/C(N)=N\C(=O)NC[C@@H](CO)OCP(O)O. The first-order valence-corrected chi connectivity index (χ1v) is 6.05. The zero-order valence-electron chi connectivity index (χ0n) is 9.11. The maximum atomic E-state index is 11.1. The molecule has 0 unspecified atom stereocenters. The second-order valence-electron chi connectivity index (χ2n) is 2.90. The Morgan fingerprint density at radius 2 is 2.29 bits per heavy atom. The summed E-state index contributed by atoms with van der Waals surface area (Å²) in [5, 5.41) is 11.2. The Balaban J connectivity index is 3.97. The van der Waals surface area contributed by atoms with Crippen LogP contribution < -0.4 is 11.1 Å². The fourth-order valence-corrected chi connectivity index (χ4v) is 1.10. The number of amidine groups is 1. The molecule has 0 radical (unpaired) electrons.